The summed E-state index contributed by atoms with van der Waals surface area (Å²) in [5, 5.41) is 10.1. The monoisotopic (exact) mass is 420 g/mol. The van der Waals surface area contributed by atoms with Crippen molar-refractivity contribution >= 4 is 16.9 Å². The Balaban J connectivity index is 1.45. The molecule has 0 radical (unpaired) electrons. The molecule has 1 aliphatic rings. The Morgan fingerprint density at radius 2 is 1.81 bits per heavy atom. The SMILES string of the molecule is Cc1cc2nc(N3CCCN(Cc4cccc(OCCO)c4)CC3)nc(C)c2cc1C. The van der Waals surface area contributed by atoms with Crippen LogP contribution in [-0.4, -0.2) is 59.4 Å². The molecule has 1 fully saturated rings. The number of hydrogen-bond donors (Lipinski definition) is 1. The summed E-state index contributed by atoms with van der Waals surface area (Å²) < 4.78 is 5.55. The van der Waals surface area contributed by atoms with E-state index in [9.17, 15) is 0 Å². The Morgan fingerprint density at radius 1 is 0.968 bits per heavy atom. The minimum absolute atomic E-state index is 0.0294. The standard InChI is InChI=1S/C25H32N4O2/c1-18-14-23-20(3)26-25(27-24(23)15-19(18)2)29-9-5-8-28(10-11-29)17-21-6-4-7-22(16-21)31-13-12-30/h4,6-7,14-16,30H,5,8-13,17H2,1-3H3. The van der Waals surface area contributed by atoms with Crippen LogP contribution in [0.25, 0.3) is 10.9 Å². The first-order valence-electron chi connectivity index (χ1n) is 11.1. The molecule has 1 aliphatic heterocycles. The van der Waals surface area contributed by atoms with E-state index in [4.69, 9.17) is 19.8 Å². The van der Waals surface area contributed by atoms with E-state index in [0.29, 0.717) is 6.61 Å². The Morgan fingerprint density at radius 3 is 2.65 bits per heavy atom. The van der Waals surface area contributed by atoms with E-state index in [2.05, 4.69) is 54.8 Å². The summed E-state index contributed by atoms with van der Waals surface area (Å²) in [4.78, 5) is 14.6. The summed E-state index contributed by atoms with van der Waals surface area (Å²) in [5.74, 6) is 1.66. The van der Waals surface area contributed by atoms with Crippen LogP contribution in [-0.2, 0) is 6.54 Å². The molecule has 0 spiro atoms. The fourth-order valence-electron chi connectivity index (χ4n) is 4.15. The van der Waals surface area contributed by atoms with Crippen LogP contribution in [0, 0.1) is 20.8 Å². The van der Waals surface area contributed by atoms with Gasteiger partial charge in [0.2, 0.25) is 5.95 Å². The van der Waals surface area contributed by atoms with Gasteiger partial charge in [0.15, 0.2) is 0 Å². The highest BCUT2D eigenvalue weighted by molar-refractivity contribution is 5.83. The van der Waals surface area contributed by atoms with Crippen molar-refractivity contribution in [2.75, 3.05) is 44.3 Å². The van der Waals surface area contributed by atoms with Gasteiger partial charge in [-0.1, -0.05) is 12.1 Å². The first-order valence-corrected chi connectivity index (χ1v) is 11.1. The number of aryl methyl sites for hydroxylation is 3. The summed E-state index contributed by atoms with van der Waals surface area (Å²) >= 11 is 0. The topological polar surface area (TPSA) is 61.7 Å². The second-order valence-electron chi connectivity index (χ2n) is 8.40. The number of nitrogens with zero attached hydrogens (tertiary/aromatic N) is 4. The van der Waals surface area contributed by atoms with Crippen LogP contribution in [0.1, 0.15) is 28.8 Å². The third-order valence-electron chi connectivity index (χ3n) is 6.03. The molecule has 3 aromatic rings. The van der Waals surface area contributed by atoms with Gasteiger partial charge in [0.25, 0.3) is 0 Å². The lowest BCUT2D eigenvalue weighted by atomic mass is 10.1. The zero-order chi connectivity index (χ0) is 21.8. The number of aliphatic hydroxyl groups excluding tert-OH is 1. The zero-order valence-corrected chi connectivity index (χ0v) is 18.8. The van der Waals surface area contributed by atoms with Crippen molar-refractivity contribution in [3.8, 4) is 5.75 Å². The molecule has 4 rings (SSSR count). The quantitative estimate of drug-likeness (QED) is 0.657. The minimum Gasteiger partial charge on any atom is -0.491 e. The molecule has 0 unspecified atom stereocenters. The van der Waals surface area contributed by atoms with Crippen molar-refractivity contribution in [3.63, 3.8) is 0 Å². The molecule has 2 heterocycles. The molecular weight excluding hydrogens is 388 g/mol. The highest BCUT2D eigenvalue weighted by atomic mass is 16.5. The smallest absolute Gasteiger partial charge is 0.226 e. The van der Waals surface area contributed by atoms with E-state index in [1.807, 2.05) is 12.1 Å². The van der Waals surface area contributed by atoms with Gasteiger partial charge < -0.3 is 14.7 Å². The molecule has 0 atom stereocenters. The van der Waals surface area contributed by atoms with Crippen LogP contribution >= 0.6 is 0 Å². The highest BCUT2D eigenvalue weighted by Gasteiger charge is 2.18. The van der Waals surface area contributed by atoms with Gasteiger partial charge in [-0.3, -0.25) is 4.90 Å². The van der Waals surface area contributed by atoms with Crippen LogP contribution in [0.3, 0.4) is 0 Å². The molecule has 2 aromatic carbocycles. The van der Waals surface area contributed by atoms with Crippen molar-refractivity contribution in [1.29, 1.82) is 0 Å². The predicted molar refractivity (Wildman–Crippen MR) is 125 cm³/mol. The van der Waals surface area contributed by atoms with Crippen molar-refractivity contribution < 1.29 is 9.84 Å². The Kier molecular flexibility index (Phi) is 6.68. The number of benzene rings is 2. The lowest BCUT2D eigenvalue weighted by Crippen LogP contribution is -2.31. The van der Waals surface area contributed by atoms with Crippen LogP contribution in [0.5, 0.6) is 5.75 Å². The van der Waals surface area contributed by atoms with E-state index < -0.39 is 0 Å². The van der Waals surface area contributed by atoms with Gasteiger partial charge in [0.05, 0.1) is 17.8 Å². The van der Waals surface area contributed by atoms with Gasteiger partial charge in [-0.2, -0.15) is 0 Å². The summed E-state index contributed by atoms with van der Waals surface area (Å²) in [6.07, 6.45) is 1.08. The molecule has 164 valence electrons. The van der Waals surface area contributed by atoms with Crippen LogP contribution in [0.15, 0.2) is 36.4 Å². The average molecular weight is 421 g/mol. The van der Waals surface area contributed by atoms with Crippen LogP contribution in [0.2, 0.25) is 0 Å². The Labute approximate surface area is 184 Å². The molecule has 1 aromatic heterocycles. The maximum atomic E-state index is 8.96. The first kappa shape index (κ1) is 21.5. The van der Waals surface area contributed by atoms with E-state index >= 15 is 0 Å². The molecule has 1 saturated heterocycles. The van der Waals surface area contributed by atoms with Gasteiger partial charge in [0, 0.05) is 38.1 Å². The third-order valence-corrected chi connectivity index (χ3v) is 6.03. The minimum atomic E-state index is 0.0294. The molecule has 1 N–H and O–H groups in total. The number of fused-ring (bicyclic) bond motifs is 1. The maximum Gasteiger partial charge on any atom is 0.226 e. The number of rotatable bonds is 6. The van der Waals surface area contributed by atoms with Crippen molar-refractivity contribution in [1.82, 2.24) is 14.9 Å². The number of aliphatic hydroxyl groups is 1. The largest absolute Gasteiger partial charge is 0.491 e. The van der Waals surface area contributed by atoms with Crippen LogP contribution in [0.4, 0.5) is 5.95 Å². The van der Waals surface area contributed by atoms with Gasteiger partial charge in [-0.15, -0.1) is 0 Å². The fraction of sp³-hybridized carbons (Fsp3) is 0.440. The number of anilines is 1. The van der Waals surface area contributed by atoms with Gasteiger partial charge >= 0.3 is 0 Å². The van der Waals surface area contributed by atoms with Crippen molar-refractivity contribution in [3.05, 3.63) is 58.8 Å². The van der Waals surface area contributed by atoms with Crippen molar-refractivity contribution in [2.24, 2.45) is 0 Å². The summed E-state index contributed by atoms with van der Waals surface area (Å²) in [6, 6.07) is 12.5. The Bertz CT molecular complexity index is 1050. The second kappa shape index (κ2) is 9.62. The predicted octanol–water partition coefficient (Wildman–Crippen LogP) is 3.64. The number of ether oxygens (including phenoxy) is 1. The van der Waals surface area contributed by atoms with E-state index in [1.165, 1.54) is 16.7 Å². The van der Waals surface area contributed by atoms with Gasteiger partial charge in [-0.25, -0.2) is 9.97 Å². The lowest BCUT2D eigenvalue weighted by molar-refractivity contribution is 0.201. The van der Waals surface area contributed by atoms with Crippen LogP contribution < -0.4 is 9.64 Å². The second-order valence-corrected chi connectivity index (χ2v) is 8.40. The van der Waals surface area contributed by atoms with E-state index in [0.717, 1.165) is 67.4 Å². The lowest BCUT2D eigenvalue weighted by Gasteiger charge is -2.23. The molecule has 0 saturated carbocycles. The average Bonchev–Trinajstić information content (AvgIpc) is 2.99. The fourth-order valence-corrected chi connectivity index (χ4v) is 4.15. The third kappa shape index (κ3) is 5.14. The first-order chi connectivity index (χ1) is 15.0. The molecule has 6 nitrogen and oxygen atoms in total. The number of aromatic nitrogens is 2. The van der Waals surface area contributed by atoms with E-state index in [1.54, 1.807) is 0 Å². The highest BCUT2D eigenvalue weighted by Crippen LogP contribution is 2.24. The Hall–Kier alpha value is -2.70. The normalized spacial score (nSPS) is 15.3. The van der Waals surface area contributed by atoms with Gasteiger partial charge in [0.1, 0.15) is 12.4 Å². The molecule has 0 aliphatic carbocycles. The molecule has 31 heavy (non-hydrogen) atoms. The van der Waals surface area contributed by atoms with Crippen molar-refractivity contribution in [2.45, 2.75) is 33.7 Å². The molecule has 0 amide bonds. The zero-order valence-electron chi connectivity index (χ0n) is 18.8. The van der Waals surface area contributed by atoms with E-state index in [-0.39, 0.29) is 6.61 Å². The summed E-state index contributed by atoms with van der Waals surface area (Å²) in [6.45, 7) is 11.5. The summed E-state index contributed by atoms with van der Waals surface area (Å²) in [7, 11) is 0. The van der Waals surface area contributed by atoms with Gasteiger partial charge in [-0.05, 0) is 68.1 Å². The maximum absolute atomic E-state index is 8.96. The molecular formula is C25H32N4O2. The summed E-state index contributed by atoms with van der Waals surface area (Å²) in [5.41, 5.74) is 5.86. The number of hydrogen-bond acceptors (Lipinski definition) is 6. The molecule has 0 bridgehead atoms. The molecule has 6 heteroatoms.